The second-order valence-corrected chi connectivity index (χ2v) is 9.54. The molecule has 4 aromatic carbocycles. The van der Waals surface area contributed by atoms with E-state index in [1.165, 1.54) is 36.0 Å². The third-order valence-electron chi connectivity index (χ3n) is 5.53. The minimum Gasteiger partial charge on any atom is -0.321 e. The maximum absolute atomic E-state index is 13.2. The number of halogens is 1. The van der Waals surface area contributed by atoms with Crippen molar-refractivity contribution in [3.05, 3.63) is 137 Å². The standard InChI is InChI=1S/C31H25FN2O3S/c1-21-6-5-7-22(18-21)19-28(34-30(36)24-8-3-2-4-9-24)31(37)33-26-14-16-27(17-15-26)38-20-29(35)23-10-12-25(32)13-11-23/h2-19H,20H2,1H3,(H,33,37)(H,34,36)/b28-19-. The van der Waals surface area contributed by atoms with Crippen molar-refractivity contribution < 1.29 is 18.8 Å². The molecule has 4 rings (SSSR count). The first-order chi connectivity index (χ1) is 18.4. The Hall–Kier alpha value is -4.49. The molecule has 2 amide bonds. The lowest BCUT2D eigenvalue weighted by Gasteiger charge is -2.12. The number of anilines is 1. The lowest BCUT2D eigenvalue weighted by atomic mass is 10.1. The fraction of sp³-hybridized carbons (Fsp3) is 0.0645. The zero-order chi connectivity index (χ0) is 26.9. The summed E-state index contributed by atoms with van der Waals surface area (Å²) in [5.74, 6) is -1.15. The van der Waals surface area contributed by atoms with Crippen LogP contribution in [0.15, 0.2) is 114 Å². The van der Waals surface area contributed by atoms with Gasteiger partial charge in [0, 0.05) is 21.7 Å². The van der Waals surface area contributed by atoms with Crippen LogP contribution in [-0.2, 0) is 4.79 Å². The maximum Gasteiger partial charge on any atom is 0.272 e. The lowest BCUT2D eigenvalue weighted by Crippen LogP contribution is -2.30. The SMILES string of the molecule is Cc1cccc(/C=C(\NC(=O)c2ccccc2)C(=O)Nc2ccc(SCC(=O)c3ccc(F)cc3)cc2)c1. The smallest absolute Gasteiger partial charge is 0.272 e. The van der Waals surface area contributed by atoms with Gasteiger partial charge in [0.25, 0.3) is 11.8 Å². The number of nitrogens with one attached hydrogen (secondary N) is 2. The predicted octanol–water partition coefficient (Wildman–Crippen LogP) is 6.52. The summed E-state index contributed by atoms with van der Waals surface area (Å²) in [4.78, 5) is 39.1. The number of carbonyl (C=O) groups is 3. The van der Waals surface area contributed by atoms with E-state index in [1.54, 1.807) is 54.6 Å². The van der Waals surface area contributed by atoms with Crippen LogP contribution in [0.2, 0.25) is 0 Å². The van der Waals surface area contributed by atoms with Crippen molar-refractivity contribution in [3.8, 4) is 0 Å². The number of hydrogen-bond acceptors (Lipinski definition) is 4. The van der Waals surface area contributed by atoms with Gasteiger partial charge in [-0.15, -0.1) is 11.8 Å². The largest absolute Gasteiger partial charge is 0.321 e. The van der Waals surface area contributed by atoms with Crippen LogP contribution in [0.4, 0.5) is 10.1 Å². The quantitative estimate of drug-likeness (QED) is 0.149. The van der Waals surface area contributed by atoms with E-state index in [0.29, 0.717) is 16.8 Å². The molecule has 0 saturated heterocycles. The number of thioether (sulfide) groups is 1. The normalized spacial score (nSPS) is 11.1. The number of benzene rings is 4. The molecule has 0 radical (unpaired) electrons. The van der Waals surface area contributed by atoms with E-state index in [-0.39, 0.29) is 23.1 Å². The summed E-state index contributed by atoms with van der Waals surface area (Å²) in [6.45, 7) is 1.95. The molecule has 0 aliphatic carbocycles. The van der Waals surface area contributed by atoms with Crippen LogP contribution in [0.5, 0.6) is 0 Å². The van der Waals surface area contributed by atoms with Gasteiger partial charge in [-0.2, -0.15) is 0 Å². The van der Waals surface area contributed by atoms with Crippen LogP contribution < -0.4 is 10.6 Å². The number of rotatable bonds is 9. The molecular weight excluding hydrogens is 499 g/mol. The molecule has 38 heavy (non-hydrogen) atoms. The monoisotopic (exact) mass is 524 g/mol. The fourth-order valence-corrected chi connectivity index (χ4v) is 4.36. The molecule has 0 atom stereocenters. The number of ketones is 1. The lowest BCUT2D eigenvalue weighted by molar-refractivity contribution is -0.113. The van der Waals surface area contributed by atoms with Crippen molar-refractivity contribution >= 4 is 41.1 Å². The molecule has 0 saturated carbocycles. The summed E-state index contributed by atoms with van der Waals surface area (Å²) >= 11 is 1.35. The zero-order valence-electron chi connectivity index (χ0n) is 20.6. The first-order valence-corrected chi connectivity index (χ1v) is 12.8. The minimum atomic E-state index is -0.470. The number of aryl methyl sites for hydroxylation is 1. The molecule has 0 aromatic heterocycles. The molecule has 0 fully saturated rings. The van der Waals surface area contributed by atoms with Crippen LogP contribution in [0.1, 0.15) is 31.8 Å². The van der Waals surface area contributed by atoms with Gasteiger partial charge < -0.3 is 10.6 Å². The Kier molecular flexibility index (Phi) is 8.85. The van der Waals surface area contributed by atoms with Gasteiger partial charge in [0.1, 0.15) is 11.5 Å². The van der Waals surface area contributed by atoms with Crippen molar-refractivity contribution in [2.45, 2.75) is 11.8 Å². The zero-order valence-corrected chi connectivity index (χ0v) is 21.4. The van der Waals surface area contributed by atoms with Crippen molar-refractivity contribution in [1.29, 1.82) is 0 Å². The highest BCUT2D eigenvalue weighted by atomic mass is 32.2. The van der Waals surface area contributed by atoms with Gasteiger partial charge in [0.05, 0.1) is 5.75 Å². The summed E-state index contributed by atoms with van der Waals surface area (Å²) in [6.07, 6.45) is 1.63. The van der Waals surface area contributed by atoms with Gasteiger partial charge in [0.15, 0.2) is 5.78 Å². The predicted molar refractivity (Wildman–Crippen MR) is 150 cm³/mol. The Balaban J connectivity index is 1.44. The Morgan fingerprint density at radius 3 is 2.21 bits per heavy atom. The number of Topliss-reactive ketones (excluding diaryl/α,β-unsaturated/α-hetero) is 1. The van der Waals surface area contributed by atoms with E-state index in [0.717, 1.165) is 16.0 Å². The van der Waals surface area contributed by atoms with E-state index in [1.807, 2.05) is 37.3 Å². The maximum atomic E-state index is 13.2. The van der Waals surface area contributed by atoms with E-state index in [4.69, 9.17) is 0 Å². The van der Waals surface area contributed by atoms with Gasteiger partial charge in [-0.3, -0.25) is 14.4 Å². The Morgan fingerprint density at radius 2 is 1.53 bits per heavy atom. The molecule has 5 nitrogen and oxygen atoms in total. The molecule has 0 aliphatic rings. The fourth-order valence-electron chi connectivity index (χ4n) is 3.57. The summed E-state index contributed by atoms with van der Waals surface area (Å²) in [7, 11) is 0. The summed E-state index contributed by atoms with van der Waals surface area (Å²) < 4.78 is 13.1. The molecular formula is C31H25FN2O3S. The summed E-state index contributed by atoms with van der Waals surface area (Å²) in [5.41, 5.74) is 3.33. The Morgan fingerprint density at radius 1 is 0.816 bits per heavy atom. The second kappa shape index (κ2) is 12.7. The number of hydrogen-bond donors (Lipinski definition) is 2. The van der Waals surface area contributed by atoms with Crippen molar-refractivity contribution in [1.82, 2.24) is 5.32 Å². The van der Waals surface area contributed by atoms with Crippen LogP contribution in [0.3, 0.4) is 0 Å². The average Bonchev–Trinajstić information content (AvgIpc) is 2.93. The highest BCUT2D eigenvalue weighted by Gasteiger charge is 2.15. The molecule has 0 aliphatic heterocycles. The van der Waals surface area contributed by atoms with E-state index in [2.05, 4.69) is 10.6 Å². The van der Waals surface area contributed by atoms with E-state index >= 15 is 0 Å². The van der Waals surface area contributed by atoms with Gasteiger partial charge in [-0.05, 0) is 79.2 Å². The topological polar surface area (TPSA) is 75.3 Å². The third kappa shape index (κ3) is 7.51. The third-order valence-corrected chi connectivity index (χ3v) is 6.54. The highest BCUT2D eigenvalue weighted by molar-refractivity contribution is 8.00. The average molecular weight is 525 g/mol. The molecule has 4 aromatic rings. The molecule has 0 heterocycles. The van der Waals surface area contributed by atoms with Crippen molar-refractivity contribution in [2.75, 3.05) is 11.1 Å². The Bertz CT molecular complexity index is 1470. The van der Waals surface area contributed by atoms with Gasteiger partial charge in [-0.25, -0.2) is 4.39 Å². The van der Waals surface area contributed by atoms with Crippen LogP contribution >= 0.6 is 11.8 Å². The number of amides is 2. The molecule has 0 unspecified atom stereocenters. The van der Waals surface area contributed by atoms with Crippen molar-refractivity contribution in [3.63, 3.8) is 0 Å². The second-order valence-electron chi connectivity index (χ2n) is 8.49. The molecule has 0 bridgehead atoms. The molecule has 190 valence electrons. The van der Waals surface area contributed by atoms with Gasteiger partial charge in [0.2, 0.25) is 0 Å². The van der Waals surface area contributed by atoms with Crippen LogP contribution in [0.25, 0.3) is 6.08 Å². The molecule has 2 N–H and O–H groups in total. The van der Waals surface area contributed by atoms with Crippen LogP contribution in [0, 0.1) is 12.7 Å². The highest BCUT2D eigenvalue weighted by Crippen LogP contribution is 2.22. The molecule has 7 heteroatoms. The van der Waals surface area contributed by atoms with E-state index in [9.17, 15) is 18.8 Å². The molecule has 0 spiro atoms. The van der Waals surface area contributed by atoms with Crippen LogP contribution in [-0.4, -0.2) is 23.4 Å². The van der Waals surface area contributed by atoms with Gasteiger partial charge >= 0.3 is 0 Å². The number of carbonyl (C=O) groups excluding carboxylic acids is 3. The van der Waals surface area contributed by atoms with Gasteiger partial charge in [-0.1, -0.05) is 48.0 Å². The van der Waals surface area contributed by atoms with E-state index < -0.39 is 11.8 Å². The summed E-state index contributed by atoms with van der Waals surface area (Å²) in [5, 5.41) is 5.55. The minimum absolute atomic E-state index is 0.104. The summed E-state index contributed by atoms with van der Waals surface area (Å²) in [6, 6.07) is 28.8. The first-order valence-electron chi connectivity index (χ1n) is 11.8. The first kappa shape index (κ1) is 26.6. The van der Waals surface area contributed by atoms with Crippen molar-refractivity contribution in [2.24, 2.45) is 0 Å². The Labute approximate surface area is 224 Å².